The van der Waals surface area contributed by atoms with Crippen molar-refractivity contribution in [2.24, 2.45) is 0 Å². The summed E-state index contributed by atoms with van der Waals surface area (Å²) >= 11 is 0. The van der Waals surface area contributed by atoms with Gasteiger partial charge < -0.3 is 19.7 Å². The molecule has 1 aromatic rings. The minimum atomic E-state index is 0.0833. The second kappa shape index (κ2) is 8.76. The molecular weight excluding hydrogens is 280 g/mol. The zero-order chi connectivity index (χ0) is 16.5. The Hall–Kier alpha value is -1.59. The number of hydrogen-bond acceptors (Lipinski definition) is 4. The number of methoxy groups -OCH3 is 1. The van der Waals surface area contributed by atoms with E-state index in [-0.39, 0.29) is 11.9 Å². The van der Waals surface area contributed by atoms with Crippen LogP contribution in [0.1, 0.15) is 27.5 Å². The lowest BCUT2D eigenvalue weighted by atomic mass is 10.1. The number of benzene rings is 1. The van der Waals surface area contributed by atoms with Crippen LogP contribution in [0.2, 0.25) is 0 Å². The maximum Gasteiger partial charge on any atom is 0.241 e. The lowest BCUT2D eigenvalue weighted by Gasteiger charge is -2.36. The molecule has 0 aromatic heterocycles. The maximum atomic E-state index is 12.3. The van der Waals surface area contributed by atoms with E-state index in [4.69, 9.17) is 10.8 Å². The van der Waals surface area contributed by atoms with Crippen LogP contribution < -0.4 is 15.0 Å². The summed E-state index contributed by atoms with van der Waals surface area (Å²) in [7, 11) is 1.68. The highest BCUT2D eigenvalue weighted by molar-refractivity contribution is 5.96. The number of anilines is 1. The van der Waals surface area contributed by atoms with E-state index in [1.165, 1.54) is 0 Å². The van der Waals surface area contributed by atoms with Crippen molar-refractivity contribution in [2.75, 3.05) is 38.3 Å². The average Bonchev–Trinajstić information content (AvgIpc) is 2.58. The van der Waals surface area contributed by atoms with Crippen molar-refractivity contribution in [2.45, 2.75) is 32.2 Å². The van der Waals surface area contributed by atoms with Gasteiger partial charge in [-0.15, -0.1) is 0 Å². The summed E-state index contributed by atoms with van der Waals surface area (Å²) in [6.07, 6.45) is 2.50. The number of nitrogens with one attached hydrogen (secondary N) is 1. The molecule has 1 atom stereocenters. The molecule has 1 aliphatic heterocycles. The standard InChI is InChI=1S/C17H26N2O3/c1-3-5-15-12-18-13-17(20)19(15)14-6-8-16(9-7-14)22-11-4-10-21-2/h6-9,15,18H,3-5,10-13H2,1-2H3/i1T. The molecular formula is C17H26N2O3. The number of rotatable bonds is 8. The minimum Gasteiger partial charge on any atom is -0.494 e. The first kappa shape index (κ1) is 15.3. The lowest BCUT2D eigenvalue weighted by Crippen LogP contribution is -2.55. The fourth-order valence-electron chi connectivity index (χ4n) is 2.64. The van der Waals surface area contributed by atoms with Gasteiger partial charge in [-0.25, -0.2) is 0 Å². The largest absolute Gasteiger partial charge is 0.494 e. The third kappa shape index (κ3) is 4.45. The molecule has 122 valence electrons. The lowest BCUT2D eigenvalue weighted by molar-refractivity contribution is -0.119. The van der Waals surface area contributed by atoms with Gasteiger partial charge in [0.05, 0.1) is 13.2 Å². The molecule has 0 radical (unpaired) electrons. The van der Waals surface area contributed by atoms with E-state index in [9.17, 15) is 4.79 Å². The minimum absolute atomic E-state index is 0.0833. The van der Waals surface area contributed by atoms with Crippen LogP contribution in [0.3, 0.4) is 0 Å². The molecule has 1 aromatic carbocycles. The molecule has 5 heteroatoms. The summed E-state index contributed by atoms with van der Waals surface area (Å²) in [6, 6.07) is 7.79. The van der Waals surface area contributed by atoms with E-state index in [2.05, 4.69) is 5.32 Å². The van der Waals surface area contributed by atoms with Crippen LogP contribution >= 0.6 is 0 Å². The van der Waals surface area contributed by atoms with Gasteiger partial charge in [0, 0.05) is 39.8 Å². The van der Waals surface area contributed by atoms with Crippen molar-refractivity contribution in [1.82, 2.24) is 5.32 Å². The molecule has 2 rings (SSSR count). The Morgan fingerprint density at radius 3 is 2.91 bits per heavy atom. The summed E-state index contributed by atoms with van der Waals surface area (Å²) in [6.45, 7) is 2.84. The number of hydrogen-bond donors (Lipinski definition) is 1. The topological polar surface area (TPSA) is 50.8 Å². The van der Waals surface area contributed by atoms with Crippen LogP contribution in [-0.2, 0) is 9.53 Å². The van der Waals surface area contributed by atoms with Gasteiger partial charge in [-0.3, -0.25) is 4.79 Å². The highest BCUT2D eigenvalue weighted by Gasteiger charge is 2.28. The highest BCUT2D eigenvalue weighted by Crippen LogP contribution is 2.24. The fourth-order valence-corrected chi connectivity index (χ4v) is 2.64. The molecule has 22 heavy (non-hydrogen) atoms. The SMILES string of the molecule is [3H]CCCC1CNCC(=O)N1c1ccc(OCCCOC)cc1. The van der Waals surface area contributed by atoms with E-state index in [1.54, 1.807) is 7.11 Å². The van der Waals surface area contributed by atoms with Crippen LogP contribution in [0.15, 0.2) is 24.3 Å². The third-order valence-electron chi connectivity index (χ3n) is 3.70. The highest BCUT2D eigenvalue weighted by atomic mass is 16.5. The predicted molar refractivity (Wildman–Crippen MR) is 87.5 cm³/mol. The Kier molecular flexibility index (Phi) is 6.09. The zero-order valence-electron chi connectivity index (χ0n) is 14.2. The Bertz CT molecular complexity index is 481. The monoisotopic (exact) mass is 308 g/mol. The van der Waals surface area contributed by atoms with Gasteiger partial charge in [0.25, 0.3) is 0 Å². The molecule has 1 heterocycles. The zero-order valence-corrected chi connectivity index (χ0v) is 13.2. The Morgan fingerprint density at radius 1 is 1.36 bits per heavy atom. The first-order chi connectivity index (χ1) is 11.3. The summed E-state index contributed by atoms with van der Waals surface area (Å²) in [5.74, 6) is 0.884. The first-order valence-corrected chi connectivity index (χ1v) is 7.80. The molecule has 0 bridgehead atoms. The summed E-state index contributed by atoms with van der Waals surface area (Å²) in [5, 5.41) is 3.16. The number of amides is 1. The van der Waals surface area contributed by atoms with Crippen molar-refractivity contribution < 1.29 is 15.6 Å². The average molecular weight is 308 g/mol. The van der Waals surface area contributed by atoms with Gasteiger partial charge in [-0.2, -0.15) is 0 Å². The molecule has 1 N–H and O–H groups in total. The summed E-state index contributed by atoms with van der Waals surface area (Å²) in [4.78, 5) is 14.1. The Balaban J connectivity index is 1.98. The smallest absolute Gasteiger partial charge is 0.241 e. The fraction of sp³-hybridized carbons (Fsp3) is 0.588. The maximum absolute atomic E-state index is 12.3. The van der Waals surface area contributed by atoms with Crippen molar-refractivity contribution in [3.8, 4) is 5.75 Å². The molecule has 1 fully saturated rings. The second-order valence-electron chi connectivity index (χ2n) is 5.38. The quantitative estimate of drug-likeness (QED) is 0.748. The van der Waals surface area contributed by atoms with Crippen LogP contribution in [0, 0.1) is 0 Å². The van der Waals surface area contributed by atoms with Gasteiger partial charge in [0.15, 0.2) is 0 Å². The van der Waals surface area contributed by atoms with Crippen molar-refractivity contribution in [3.05, 3.63) is 24.3 Å². The Labute approximate surface area is 134 Å². The number of carbonyl (C=O) groups excluding carboxylic acids is 1. The molecule has 0 saturated carbocycles. The number of piperazine rings is 1. The molecule has 1 amide bonds. The van der Waals surface area contributed by atoms with Crippen LogP contribution in [0.25, 0.3) is 0 Å². The van der Waals surface area contributed by atoms with Crippen molar-refractivity contribution >= 4 is 11.6 Å². The van der Waals surface area contributed by atoms with Gasteiger partial charge >= 0.3 is 0 Å². The molecule has 1 unspecified atom stereocenters. The summed E-state index contributed by atoms with van der Waals surface area (Å²) in [5.41, 5.74) is 0.899. The number of carbonyl (C=O) groups is 1. The molecule has 5 nitrogen and oxygen atoms in total. The number of ether oxygens (including phenoxy) is 2. The molecule has 1 aliphatic rings. The van der Waals surface area contributed by atoms with Crippen molar-refractivity contribution in [1.29, 1.82) is 0 Å². The Morgan fingerprint density at radius 2 is 2.18 bits per heavy atom. The van der Waals surface area contributed by atoms with Crippen LogP contribution in [-0.4, -0.2) is 45.4 Å². The first-order valence-electron chi connectivity index (χ1n) is 8.50. The van der Waals surface area contributed by atoms with Gasteiger partial charge in [0.2, 0.25) is 5.91 Å². The van der Waals surface area contributed by atoms with E-state index in [0.29, 0.717) is 26.7 Å². The van der Waals surface area contributed by atoms with E-state index >= 15 is 0 Å². The third-order valence-corrected chi connectivity index (χ3v) is 3.70. The predicted octanol–water partition coefficient (Wildman–Crippen LogP) is 2.21. The number of nitrogens with zero attached hydrogens (tertiary/aromatic N) is 1. The van der Waals surface area contributed by atoms with Crippen LogP contribution in [0.4, 0.5) is 5.69 Å². The second-order valence-corrected chi connectivity index (χ2v) is 5.38. The molecule has 0 aliphatic carbocycles. The summed E-state index contributed by atoms with van der Waals surface area (Å²) < 4.78 is 18.0. The van der Waals surface area contributed by atoms with Crippen LogP contribution in [0.5, 0.6) is 5.75 Å². The van der Waals surface area contributed by atoms with Gasteiger partial charge in [0.1, 0.15) is 5.75 Å². The van der Waals surface area contributed by atoms with Gasteiger partial charge in [-0.1, -0.05) is 13.3 Å². The van der Waals surface area contributed by atoms with E-state index < -0.39 is 0 Å². The van der Waals surface area contributed by atoms with E-state index in [0.717, 1.165) is 37.2 Å². The molecule has 1 saturated heterocycles. The normalized spacial score (nSPS) is 19.1. The van der Waals surface area contributed by atoms with E-state index in [1.807, 2.05) is 29.2 Å². The molecule has 0 spiro atoms. The van der Waals surface area contributed by atoms with Gasteiger partial charge in [-0.05, 0) is 30.7 Å². The van der Waals surface area contributed by atoms with Crippen molar-refractivity contribution in [3.63, 3.8) is 0 Å².